The number of hydrogen-bond acceptors (Lipinski definition) is 3. The summed E-state index contributed by atoms with van der Waals surface area (Å²) >= 11 is 1.77. The average molecular weight is 369 g/mol. The molecule has 0 aliphatic heterocycles. The average Bonchev–Trinajstić information content (AvgIpc) is 3.27. The number of phenols is 1. The fourth-order valence-electron chi connectivity index (χ4n) is 4.55. The molecule has 0 saturated heterocycles. The number of aromatic hydroxyl groups is 1. The quantitative estimate of drug-likeness (QED) is 0.686. The lowest BCUT2D eigenvalue weighted by molar-refractivity contribution is 0.0985. The van der Waals surface area contributed by atoms with Gasteiger partial charge in [-0.1, -0.05) is 19.1 Å². The maximum absolute atomic E-state index is 13.0. The number of aryl methyl sites for hydroxylation is 4. The SMILES string of the molecule is CCc1sc(C(=O)CCc2cc(C)c(O)c(C)c2)c2c1CC1(CC2)CC1. The molecule has 1 aromatic heterocycles. The number of rotatable bonds is 5. The molecule has 1 saturated carbocycles. The number of hydrogen-bond donors (Lipinski definition) is 1. The van der Waals surface area contributed by atoms with Gasteiger partial charge in [0.2, 0.25) is 0 Å². The number of fused-ring (bicyclic) bond motifs is 1. The smallest absolute Gasteiger partial charge is 0.173 e. The molecule has 26 heavy (non-hydrogen) atoms. The van der Waals surface area contributed by atoms with E-state index >= 15 is 0 Å². The molecule has 2 aromatic rings. The van der Waals surface area contributed by atoms with Crippen molar-refractivity contribution in [3.63, 3.8) is 0 Å². The van der Waals surface area contributed by atoms with Crippen molar-refractivity contribution in [1.29, 1.82) is 0 Å². The summed E-state index contributed by atoms with van der Waals surface area (Å²) in [5, 5.41) is 9.93. The second-order valence-electron chi connectivity index (χ2n) is 8.34. The minimum absolute atomic E-state index is 0.307. The molecular formula is C23H28O2S. The summed E-state index contributed by atoms with van der Waals surface area (Å²) in [6.07, 6.45) is 8.71. The zero-order valence-corrected chi connectivity index (χ0v) is 16.9. The number of carbonyl (C=O) groups excluding carboxylic acids is 1. The fourth-order valence-corrected chi connectivity index (χ4v) is 5.82. The first-order valence-electron chi connectivity index (χ1n) is 9.88. The van der Waals surface area contributed by atoms with E-state index in [-0.39, 0.29) is 0 Å². The second kappa shape index (κ2) is 6.53. The Morgan fingerprint density at radius 2 is 1.85 bits per heavy atom. The molecule has 2 aliphatic rings. The van der Waals surface area contributed by atoms with Crippen molar-refractivity contribution >= 4 is 17.1 Å². The standard InChI is InChI=1S/C23H28O2S/c1-4-20-18-13-23(9-10-23)8-7-17(18)22(26-20)19(24)6-5-16-11-14(2)21(25)15(3)12-16/h11-12,25H,4-10,13H2,1-3H3. The number of phenolic OH excluding ortho intramolecular Hbond substituents is 1. The lowest BCUT2D eigenvalue weighted by Gasteiger charge is -2.23. The Morgan fingerprint density at radius 1 is 1.15 bits per heavy atom. The van der Waals surface area contributed by atoms with Crippen molar-refractivity contribution in [2.24, 2.45) is 5.41 Å². The summed E-state index contributed by atoms with van der Waals surface area (Å²) in [5.74, 6) is 0.676. The van der Waals surface area contributed by atoms with Crippen molar-refractivity contribution < 1.29 is 9.90 Å². The predicted octanol–water partition coefficient (Wildman–Crippen LogP) is 5.72. The van der Waals surface area contributed by atoms with Crippen LogP contribution in [-0.2, 0) is 25.7 Å². The normalized spacial score (nSPS) is 17.3. The molecule has 3 heteroatoms. The van der Waals surface area contributed by atoms with Gasteiger partial charge in [-0.05, 0) is 92.0 Å². The van der Waals surface area contributed by atoms with Gasteiger partial charge in [-0.2, -0.15) is 0 Å². The number of ketones is 1. The molecule has 1 fully saturated rings. The van der Waals surface area contributed by atoms with Crippen LogP contribution in [0.1, 0.15) is 75.0 Å². The zero-order valence-electron chi connectivity index (χ0n) is 16.1. The summed E-state index contributed by atoms with van der Waals surface area (Å²) in [6.45, 7) is 6.06. The van der Waals surface area contributed by atoms with Crippen molar-refractivity contribution in [1.82, 2.24) is 0 Å². The summed E-state index contributed by atoms with van der Waals surface area (Å²) in [7, 11) is 0. The Labute approximate surface area is 160 Å². The highest BCUT2D eigenvalue weighted by atomic mass is 32.1. The molecule has 0 amide bonds. The van der Waals surface area contributed by atoms with E-state index in [4.69, 9.17) is 0 Å². The van der Waals surface area contributed by atoms with Gasteiger partial charge in [0.1, 0.15) is 5.75 Å². The summed E-state index contributed by atoms with van der Waals surface area (Å²) in [5.41, 5.74) is 6.44. The molecule has 0 unspecified atom stereocenters. The highest BCUT2D eigenvalue weighted by Crippen LogP contribution is 2.56. The number of Topliss-reactive ketones (excluding diaryl/α,β-unsaturated/α-hetero) is 1. The maximum Gasteiger partial charge on any atom is 0.173 e. The zero-order chi connectivity index (χ0) is 18.5. The van der Waals surface area contributed by atoms with Gasteiger partial charge in [-0.25, -0.2) is 0 Å². The van der Waals surface area contributed by atoms with Gasteiger partial charge in [0.25, 0.3) is 0 Å². The van der Waals surface area contributed by atoms with Crippen molar-refractivity contribution in [2.75, 3.05) is 0 Å². The van der Waals surface area contributed by atoms with E-state index in [0.29, 0.717) is 23.4 Å². The van der Waals surface area contributed by atoms with E-state index in [0.717, 1.165) is 40.8 Å². The van der Waals surface area contributed by atoms with Crippen LogP contribution in [0.3, 0.4) is 0 Å². The number of thiophene rings is 1. The van der Waals surface area contributed by atoms with E-state index in [2.05, 4.69) is 6.92 Å². The van der Waals surface area contributed by atoms with Crippen molar-refractivity contribution in [3.8, 4) is 5.75 Å². The first kappa shape index (κ1) is 17.8. The van der Waals surface area contributed by atoms with Crippen LogP contribution in [0.2, 0.25) is 0 Å². The molecule has 1 N–H and O–H groups in total. The highest BCUT2D eigenvalue weighted by molar-refractivity contribution is 7.14. The van der Waals surface area contributed by atoms with Crippen LogP contribution in [0.5, 0.6) is 5.75 Å². The molecule has 2 aliphatic carbocycles. The third kappa shape index (κ3) is 3.11. The molecule has 1 spiro atoms. The third-order valence-corrected chi connectivity index (χ3v) is 7.84. The largest absolute Gasteiger partial charge is 0.507 e. The Balaban J connectivity index is 1.53. The Kier molecular flexibility index (Phi) is 4.46. The van der Waals surface area contributed by atoms with Crippen LogP contribution in [-0.4, -0.2) is 10.9 Å². The van der Waals surface area contributed by atoms with Crippen LogP contribution in [0.15, 0.2) is 12.1 Å². The van der Waals surface area contributed by atoms with Crippen LogP contribution >= 0.6 is 11.3 Å². The summed E-state index contributed by atoms with van der Waals surface area (Å²) < 4.78 is 0. The molecule has 1 aromatic carbocycles. The Bertz CT molecular complexity index is 848. The maximum atomic E-state index is 13.0. The molecular weight excluding hydrogens is 340 g/mol. The van der Waals surface area contributed by atoms with Gasteiger partial charge in [-0.3, -0.25) is 4.79 Å². The van der Waals surface area contributed by atoms with Gasteiger partial charge in [0.05, 0.1) is 4.88 Å². The lowest BCUT2D eigenvalue weighted by Crippen LogP contribution is -2.16. The minimum Gasteiger partial charge on any atom is -0.507 e. The monoisotopic (exact) mass is 368 g/mol. The lowest BCUT2D eigenvalue weighted by atomic mass is 9.81. The van der Waals surface area contributed by atoms with Crippen molar-refractivity contribution in [3.05, 3.63) is 49.7 Å². The topological polar surface area (TPSA) is 37.3 Å². The van der Waals surface area contributed by atoms with Gasteiger partial charge >= 0.3 is 0 Å². The van der Waals surface area contributed by atoms with Gasteiger partial charge in [-0.15, -0.1) is 11.3 Å². The molecule has 1 heterocycles. The first-order valence-corrected chi connectivity index (χ1v) is 10.7. The molecule has 138 valence electrons. The fraction of sp³-hybridized carbons (Fsp3) is 0.522. The van der Waals surface area contributed by atoms with E-state index < -0.39 is 0 Å². The Hall–Kier alpha value is -1.61. The van der Waals surface area contributed by atoms with E-state index in [1.807, 2.05) is 26.0 Å². The van der Waals surface area contributed by atoms with E-state index in [1.165, 1.54) is 41.7 Å². The minimum atomic E-state index is 0.307. The van der Waals surface area contributed by atoms with Gasteiger partial charge < -0.3 is 5.11 Å². The molecule has 4 rings (SSSR count). The van der Waals surface area contributed by atoms with E-state index in [9.17, 15) is 9.90 Å². The highest BCUT2D eigenvalue weighted by Gasteiger charge is 2.46. The predicted molar refractivity (Wildman–Crippen MR) is 108 cm³/mol. The Morgan fingerprint density at radius 3 is 2.46 bits per heavy atom. The van der Waals surface area contributed by atoms with Gasteiger partial charge in [0, 0.05) is 11.3 Å². The first-order chi connectivity index (χ1) is 12.4. The summed E-state index contributed by atoms with van der Waals surface area (Å²) in [6, 6.07) is 4.02. The molecule has 0 bridgehead atoms. The number of carbonyl (C=O) groups is 1. The number of benzene rings is 1. The second-order valence-corrected chi connectivity index (χ2v) is 9.45. The van der Waals surface area contributed by atoms with Gasteiger partial charge in [0.15, 0.2) is 5.78 Å². The van der Waals surface area contributed by atoms with Crippen LogP contribution in [0.25, 0.3) is 0 Å². The van der Waals surface area contributed by atoms with Crippen molar-refractivity contribution in [2.45, 2.75) is 72.1 Å². The molecule has 0 radical (unpaired) electrons. The molecule has 2 nitrogen and oxygen atoms in total. The van der Waals surface area contributed by atoms with Crippen LogP contribution in [0.4, 0.5) is 0 Å². The van der Waals surface area contributed by atoms with E-state index in [1.54, 1.807) is 11.3 Å². The van der Waals surface area contributed by atoms with Crippen LogP contribution < -0.4 is 0 Å². The van der Waals surface area contributed by atoms with Crippen LogP contribution in [0, 0.1) is 19.3 Å². The molecule has 0 atom stereocenters. The third-order valence-electron chi connectivity index (χ3n) is 6.38. The summed E-state index contributed by atoms with van der Waals surface area (Å²) in [4.78, 5) is 15.5.